The topological polar surface area (TPSA) is 37.3 Å². The van der Waals surface area contributed by atoms with Gasteiger partial charge < -0.3 is 5.11 Å². The molecule has 0 fully saturated rings. The zero-order chi connectivity index (χ0) is 6.28. The van der Waals surface area contributed by atoms with Crippen molar-refractivity contribution in [2.24, 2.45) is 0 Å². The second-order valence-electron chi connectivity index (χ2n) is 0.747. The molecule has 0 saturated carbocycles. The summed E-state index contributed by atoms with van der Waals surface area (Å²) in [7, 11) is 8.22. The van der Waals surface area contributed by atoms with E-state index in [9.17, 15) is 4.79 Å². The molecule has 0 radical (unpaired) electrons. The van der Waals surface area contributed by atoms with E-state index in [-0.39, 0.29) is 6.42 Å². The highest BCUT2D eigenvalue weighted by molar-refractivity contribution is 6.85. The first-order chi connectivity index (χ1) is 3.27. The first-order valence-electron chi connectivity index (χ1n) is 1.63. The van der Waals surface area contributed by atoms with Crippen LogP contribution in [0, 0.1) is 0 Å². The molecule has 0 rings (SSSR count). The van der Waals surface area contributed by atoms with Crippen LogP contribution in [0.15, 0.2) is 0 Å². The molecule has 1 N–H and O–H groups in total. The van der Waals surface area contributed by atoms with E-state index >= 15 is 0 Å². The van der Waals surface area contributed by atoms with E-state index < -0.39 is 5.97 Å². The van der Waals surface area contributed by atoms with Crippen LogP contribution in [0.2, 0.25) is 0 Å². The quantitative estimate of drug-likeness (QED) is 0.611. The SMILES string of the molecule is CCC(=O)O.ClCl. The molecule has 0 aliphatic carbocycles. The molecule has 0 spiro atoms. The number of aliphatic carboxylic acids is 1. The number of hydrogen-bond acceptors (Lipinski definition) is 1. The van der Waals surface area contributed by atoms with E-state index in [2.05, 4.69) is 21.7 Å². The zero-order valence-corrected chi connectivity index (χ0v) is 5.33. The number of carboxylic acid groups (broad SMARTS) is 1. The van der Waals surface area contributed by atoms with Crippen LogP contribution in [0.4, 0.5) is 0 Å². The van der Waals surface area contributed by atoms with Crippen molar-refractivity contribution >= 4 is 27.7 Å². The van der Waals surface area contributed by atoms with Gasteiger partial charge in [-0.05, 0) is 0 Å². The number of carboxylic acids is 1. The molecule has 0 heterocycles. The van der Waals surface area contributed by atoms with Gasteiger partial charge in [-0.1, -0.05) is 6.92 Å². The van der Waals surface area contributed by atoms with E-state index in [0.717, 1.165) is 0 Å². The molecule has 7 heavy (non-hydrogen) atoms. The van der Waals surface area contributed by atoms with Gasteiger partial charge >= 0.3 is 5.97 Å². The average Bonchev–Trinajstić information content (AvgIpc) is 1.73. The highest BCUT2D eigenvalue weighted by atomic mass is 36.5. The summed E-state index contributed by atoms with van der Waals surface area (Å²) in [6.07, 6.45) is 0.222. The Balaban J connectivity index is 0. The Morgan fingerprint density at radius 3 is 1.86 bits per heavy atom. The average molecular weight is 145 g/mol. The van der Waals surface area contributed by atoms with E-state index in [4.69, 9.17) is 5.11 Å². The van der Waals surface area contributed by atoms with Crippen molar-refractivity contribution in [3.8, 4) is 0 Å². The summed E-state index contributed by atoms with van der Waals surface area (Å²) in [5, 5.41) is 7.72. The van der Waals surface area contributed by atoms with E-state index in [0.29, 0.717) is 0 Å². The van der Waals surface area contributed by atoms with E-state index in [1.54, 1.807) is 6.92 Å². The predicted molar refractivity (Wildman–Crippen MR) is 29.6 cm³/mol. The summed E-state index contributed by atoms with van der Waals surface area (Å²) in [6.45, 7) is 1.60. The molecular formula is C3H6Cl2O2. The summed E-state index contributed by atoms with van der Waals surface area (Å²) in [5.74, 6) is -0.745. The highest BCUT2D eigenvalue weighted by Gasteiger charge is 1.80. The highest BCUT2D eigenvalue weighted by Crippen LogP contribution is 1.69. The maximum Gasteiger partial charge on any atom is 0.303 e. The summed E-state index contributed by atoms with van der Waals surface area (Å²) < 4.78 is 0. The van der Waals surface area contributed by atoms with Crippen molar-refractivity contribution in [2.75, 3.05) is 0 Å². The van der Waals surface area contributed by atoms with E-state index in [1.165, 1.54) is 0 Å². The third-order valence-electron chi connectivity index (χ3n) is 0.302. The summed E-state index contributed by atoms with van der Waals surface area (Å²) >= 11 is 0. The van der Waals surface area contributed by atoms with Gasteiger partial charge in [0.25, 0.3) is 0 Å². The van der Waals surface area contributed by atoms with Crippen LogP contribution in [-0.2, 0) is 4.79 Å². The van der Waals surface area contributed by atoms with Gasteiger partial charge in [0.2, 0.25) is 0 Å². The lowest BCUT2D eigenvalue weighted by atomic mass is 10.5. The van der Waals surface area contributed by atoms with Gasteiger partial charge in [-0.3, -0.25) is 4.79 Å². The van der Waals surface area contributed by atoms with Gasteiger partial charge in [0.1, 0.15) is 0 Å². The fourth-order valence-electron chi connectivity index (χ4n) is 0. The predicted octanol–water partition coefficient (Wildman–Crippen LogP) is 1.86. The van der Waals surface area contributed by atoms with Crippen molar-refractivity contribution in [3.05, 3.63) is 0 Å². The van der Waals surface area contributed by atoms with Crippen LogP contribution in [-0.4, -0.2) is 11.1 Å². The molecule has 0 unspecified atom stereocenters. The monoisotopic (exact) mass is 144 g/mol. The van der Waals surface area contributed by atoms with Crippen LogP contribution in [0.1, 0.15) is 13.3 Å². The Kier molecular flexibility index (Phi) is 13.6. The van der Waals surface area contributed by atoms with Crippen molar-refractivity contribution in [1.29, 1.82) is 0 Å². The second kappa shape index (κ2) is 9.41. The summed E-state index contributed by atoms with van der Waals surface area (Å²) in [4.78, 5) is 9.37. The molecule has 0 aliphatic rings. The Morgan fingerprint density at radius 2 is 1.86 bits per heavy atom. The molecule has 0 saturated heterocycles. The number of rotatable bonds is 1. The molecule has 0 bridgehead atoms. The Bertz CT molecular complexity index is 46.2. The molecule has 0 aliphatic heterocycles. The largest absolute Gasteiger partial charge is 0.481 e. The Hall–Kier alpha value is 0.0500. The Labute approximate surface area is 51.6 Å². The van der Waals surface area contributed by atoms with Gasteiger partial charge in [0.15, 0.2) is 0 Å². The van der Waals surface area contributed by atoms with Crippen molar-refractivity contribution < 1.29 is 9.90 Å². The lowest BCUT2D eigenvalue weighted by Gasteiger charge is -1.71. The van der Waals surface area contributed by atoms with Crippen LogP contribution < -0.4 is 0 Å². The Morgan fingerprint density at radius 1 is 1.71 bits per heavy atom. The molecule has 2 nitrogen and oxygen atoms in total. The third-order valence-corrected chi connectivity index (χ3v) is 0.302. The van der Waals surface area contributed by atoms with Crippen LogP contribution in [0.3, 0.4) is 0 Å². The maximum absolute atomic E-state index is 9.37. The lowest BCUT2D eigenvalue weighted by molar-refractivity contribution is -0.136. The third kappa shape index (κ3) is 23.6. The van der Waals surface area contributed by atoms with Crippen LogP contribution in [0.25, 0.3) is 0 Å². The lowest BCUT2D eigenvalue weighted by Crippen LogP contribution is -1.86. The van der Waals surface area contributed by atoms with Crippen molar-refractivity contribution in [1.82, 2.24) is 0 Å². The van der Waals surface area contributed by atoms with Gasteiger partial charge in [-0.25, -0.2) is 0 Å². The first kappa shape index (κ1) is 10.1. The van der Waals surface area contributed by atoms with E-state index in [1.807, 2.05) is 0 Å². The van der Waals surface area contributed by atoms with Gasteiger partial charge in [-0.15, -0.1) is 0 Å². The molecule has 0 aromatic heterocycles. The van der Waals surface area contributed by atoms with Crippen molar-refractivity contribution in [3.63, 3.8) is 0 Å². The minimum Gasteiger partial charge on any atom is -0.481 e. The first-order valence-corrected chi connectivity index (χ1v) is 2.77. The fourth-order valence-corrected chi connectivity index (χ4v) is 0. The molecule has 0 aromatic carbocycles. The minimum absolute atomic E-state index is 0.222. The second-order valence-corrected chi connectivity index (χ2v) is 0.747. The molecule has 0 amide bonds. The van der Waals surface area contributed by atoms with Gasteiger partial charge in [-0.2, -0.15) is 0 Å². The van der Waals surface area contributed by atoms with Crippen molar-refractivity contribution in [2.45, 2.75) is 13.3 Å². The summed E-state index contributed by atoms with van der Waals surface area (Å²) in [5.41, 5.74) is 0. The van der Waals surface area contributed by atoms with Crippen LogP contribution in [0.5, 0.6) is 0 Å². The smallest absolute Gasteiger partial charge is 0.303 e. The molecule has 4 heteroatoms. The number of hydrogen-bond donors (Lipinski definition) is 1. The standard InChI is InChI=1S/C3H6O2.Cl2/c1-2-3(4)5;1-2/h2H2,1H3,(H,4,5);. The molecule has 0 atom stereocenters. The molecular weight excluding hydrogens is 139 g/mol. The maximum atomic E-state index is 9.37. The normalized spacial score (nSPS) is 6.14. The van der Waals surface area contributed by atoms with Crippen LogP contribution >= 0.6 is 21.7 Å². The van der Waals surface area contributed by atoms with Gasteiger partial charge in [0, 0.05) is 28.1 Å². The minimum atomic E-state index is -0.745. The van der Waals surface area contributed by atoms with Gasteiger partial charge in [0.05, 0.1) is 0 Å². The zero-order valence-electron chi connectivity index (χ0n) is 3.82. The molecule has 44 valence electrons. The fraction of sp³-hybridized carbons (Fsp3) is 0.667. The number of halogens is 2. The summed E-state index contributed by atoms with van der Waals surface area (Å²) in [6, 6.07) is 0. The number of carbonyl (C=O) groups is 1. The molecule has 0 aromatic rings.